The minimum atomic E-state index is 0.879. The minimum Gasteiger partial charge on any atom is -0.316 e. The van der Waals surface area contributed by atoms with Gasteiger partial charge in [0.15, 0.2) is 0 Å². The van der Waals surface area contributed by atoms with Gasteiger partial charge in [-0.15, -0.1) is 0 Å². The first-order chi connectivity index (χ1) is 7.92. The topological polar surface area (TPSA) is 46.0 Å². The number of likely N-dealkylation sites (tertiary alicyclic amines) is 1. The Morgan fingerprint density at radius 1 is 1.25 bits per heavy atom. The molecule has 0 amide bonds. The molecule has 3 rings (SSSR count). The van der Waals surface area contributed by atoms with Crippen molar-refractivity contribution in [3.05, 3.63) is 12.7 Å². The molecule has 3 heterocycles. The number of nitrogens with zero attached hydrogens (tertiary/aromatic N) is 4. The molecular weight excluding hydrogens is 202 g/mol. The summed E-state index contributed by atoms with van der Waals surface area (Å²) < 4.78 is 1.92. The Hall–Kier alpha value is -0.940. The second kappa shape index (κ2) is 4.51. The van der Waals surface area contributed by atoms with E-state index in [-0.39, 0.29) is 0 Å². The van der Waals surface area contributed by atoms with E-state index >= 15 is 0 Å². The third-order valence-corrected chi connectivity index (χ3v) is 3.90. The van der Waals surface area contributed by atoms with Crippen molar-refractivity contribution in [1.82, 2.24) is 25.0 Å². The van der Waals surface area contributed by atoms with E-state index < -0.39 is 0 Å². The minimum absolute atomic E-state index is 0.879. The van der Waals surface area contributed by atoms with Crippen molar-refractivity contribution in [2.45, 2.75) is 13.0 Å². The van der Waals surface area contributed by atoms with Crippen LogP contribution in [0.2, 0.25) is 0 Å². The van der Waals surface area contributed by atoms with Crippen molar-refractivity contribution >= 4 is 0 Å². The quantitative estimate of drug-likeness (QED) is 0.769. The molecule has 2 atom stereocenters. The molecule has 88 valence electrons. The van der Waals surface area contributed by atoms with E-state index in [4.69, 9.17) is 0 Å². The molecule has 2 fully saturated rings. The number of rotatable bonds is 3. The van der Waals surface area contributed by atoms with E-state index in [0.717, 1.165) is 24.9 Å². The highest BCUT2D eigenvalue weighted by Gasteiger charge is 2.32. The van der Waals surface area contributed by atoms with Crippen LogP contribution in [-0.2, 0) is 6.54 Å². The summed E-state index contributed by atoms with van der Waals surface area (Å²) in [5, 5.41) is 7.63. The van der Waals surface area contributed by atoms with Crippen LogP contribution in [0.3, 0.4) is 0 Å². The molecule has 0 spiro atoms. The van der Waals surface area contributed by atoms with Crippen LogP contribution in [0.5, 0.6) is 0 Å². The first-order valence-corrected chi connectivity index (χ1v) is 6.17. The number of piperidine rings is 1. The van der Waals surface area contributed by atoms with E-state index in [1.165, 1.54) is 32.6 Å². The molecule has 0 aromatic carbocycles. The summed E-state index contributed by atoms with van der Waals surface area (Å²) in [6.45, 7) is 7.02. The van der Waals surface area contributed by atoms with Crippen LogP contribution in [0.15, 0.2) is 12.7 Å². The lowest BCUT2D eigenvalue weighted by Crippen LogP contribution is -2.41. The first-order valence-electron chi connectivity index (χ1n) is 6.17. The molecule has 0 saturated carbocycles. The fourth-order valence-electron chi connectivity index (χ4n) is 2.91. The van der Waals surface area contributed by atoms with Gasteiger partial charge in [-0.3, -0.25) is 4.68 Å². The summed E-state index contributed by atoms with van der Waals surface area (Å²) >= 11 is 0. The van der Waals surface area contributed by atoms with Gasteiger partial charge in [0, 0.05) is 13.1 Å². The summed E-state index contributed by atoms with van der Waals surface area (Å²) in [7, 11) is 0. The van der Waals surface area contributed by atoms with Gasteiger partial charge >= 0.3 is 0 Å². The van der Waals surface area contributed by atoms with Gasteiger partial charge in [-0.25, -0.2) is 4.98 Å². The Bertz CT molecular complexity index is 323. The predicted molar refractivity (Wildman–Crippen MR) is 60.9 cm³/mol. The third-order valence-electron chi connectivity index (χ3n) is 3.90. The summed E-state index contributed by atoms with van der Waals surface area (Å²) in [4.78, 5) is 6.53. The maximum atomic E-state index is 4.13. The van der Waals surface area contributed by atoms with E-state index in [0.29, 0.717) is 0 Å². The largest absolute Gasteiger partial charge is 0.316 e. The van der Waals surface area contributed by atoms with Crippen LogP contribution in [0.4, 0.5) is 0 Å². The third kappa shape index (κ3) is 2.10. The molecule has 1 aromatic heterocycles. The second-order valence-corrected chi connectivity index (χ2v) is 4.93. The maximum absolute atomic E-state index is 4.13. The van der Waals surface area contributed by atoms with Crippen LogP contribution in [-0.4, -0.2) is 52.4 Å². The molecule has 1 N–H and O–H groups in total. The highest BCUT2D eigenvalue weighted by molar-refractivity contribution is 4.87. The summed E-state index contributed by atoms with van der Waals surface area (Å²) in [6, 6.07) is 0. The monoisotopic (exact) mass is 221 g/mol. The Morgan fingerprint density at radius 2 is 2.19 bits per heavy atom. The van der Waals surface area contributed by atoms with Crippen molar-refractivity contribution in [1.29, 1.82) is 0 Å². The number of hydrogen-bond donors (Lipinski definition) is 1. The molecule has 2 saturated heterocycles. The molecule has 0 bridgehead atoms. The molecule has 0 radical (unpaired) electrons. The average molecular weight is 221 g/mol. The van der Waals surface area contributed by atoms with Crippen molar-refractivity contribution in [2.24, 2.45) is 11.8 Å². The Kier molecular flexibility index (Phi) is 2.88. The summed E-state index contributed by atoms with van der Waals surface area (Å²) in [6.07, 6.45) is 4.76. The first kappa shape index (κ1) is 10.2. The number of fused-ring (bicyclic) bond motifs is 1. The van der Waals surface area contributed by atoms with Gasteiger partial charge < -0.3 is 10.2 Å². The highest BCUT2D eigenvalue weighted by atomic mass is 15.3. The lowest BCUT2D eigenvalue weighted by atomic mass is 9.89. The van der Waals surface area contributed by atoms with Crippen LogP contribution >= 0.6 is 0 Å². The van der Waals surface area contributed by atoms with Gasteiger partial charge in [-0.2, -0.15) is 5.10 Å². The van der Waals surface area contributed by atoms with E-state index in [2.05, 4.69) is 20.3 Å². The molecule has 16 heavy (non-hydrogen) atoms. The molecule has 0 aliphatic carbocycles. The van der Waals surface area contributed by atoms with Crippen LogP contribution in [0, 0.1) is 11.8 Å². The Balaban J connectivity index is 1.49. The smallest absolute Gasteiger partial charge is 0.137 e. The number of nitrogens with one attached hydrogen (secondary N) is 1. The Labute approximate surface area is 95.8 Å². The average Bonchev–Trinajstić information content (AvgIpc) is 2.97. The molecule has 5 heteroatoms. The zero-order valence-corrected chi connectivity index (χ0v) is 9.55. The molecule has 2 unspecified atom stereocenters. The molecule has 1 aromatic rings. The fraction of sp³-hybridized carbons (Fsp3) is 0.818. The van der Waals surface area contributed by atoms with Gasteiger partial charge in [0.1, 0.15) is 12.7 Å². The molecular formula is C11H19N5. The number of aromatic nitrogens is 3. The number of hydrogen-bond acceptors (Lipinski definition) is 4. The van der Waals surface area contributed by atoms with E-state index in [1.54, 1.807) is 12.7 Å². The molecule has 5 nitrogen and oxygen atoms in total. The predicted octanol–water partition coefficient (Wildman–Crippen LogP) is -0.181. The molecule has 2 aliphatic rings. The van der Waals surface area contributed by atoms with Gasteiger partial charge in [-0.1, -0.05) is 0 Å². The van der Waals surface area contributed by atoms with Gasteiger partial charge in [-0.05, 0) is 37.9 Å². The normalized spacial score (nSPS) is 30.5. The van der Waals surface area contributed by atoms with Crippen molar-refractivity contribution in [2.75, 3.05) is 32.7 Å². The zero-order chi connectivity index (χ0) is 10.8. The lowest BCUT2D eigenvalue weighted by molar-refractivity contribution is 0.143. The Morgan fingerprint density at radius 3 is 3.06 bits per heavy atom. The zero-order valence-electron chi connectivity index (χ0n) is 9.55. The second-order valence-electron chi connectivity index (χ2n) is 4.93. The van der Waals surface area contributed by atoms with E-state index in [9.17, 15) is 0 Å². The van der Waals surface area contributed by atoms with Gasteiger partial charge in [0.2, 0.25) is 0 Å². The highest BCUT2D eigenvalue weighted by Crippen LogP contribution is 2.26. The van der Waals surface area contributed by atoms with Gasteiger partial charge in [0.05, 0.1) is 6.54 Å². The summed E-state index contributed by atoms with van der Waals surface area (Å²) in [5.74, 6) is 1.81. The van der Waals surface area contributed by atoms with Crippen LogP contribution in [0.1, 0.15) is 6.42 Å². The van der Waals surface area contributed by atoms with Crippen molar-refractivity contribution in [3.63, 3.8) is 0 Å². The van der Waals surface area contributed by atoms with Gasteiger partial charge in [0.25, 0.3) is 0 Å². The van der Waals surface area contributed by atoms with Crippen molar-refractivity contribution < 1.29 is 0 Å². The van der Waals surface area contributed by atoms with E-state index in [1.807, 2.05) is 4.68 Å². The maximum Gasteiger partial charge on any atom is 0.137 e. The lowest BCUT2D eigenvalue weighted by Gasteiger charge is -2.34. The SMILES string of the molecule is c1ncn(CCN2CCC3CNCC3C2)n1. The van der Waals surface area contributed by atoms with Crippen LogP contribution < -0.4 is 5.32 Å². The summed E-state index contributed by atoms with van der Waals surface area (Å²) in [5.41, 5.74) is 0. The van der Waals surface area contributed by atoms with Crippen LogP contribution in [0.25, 0.3) is 0 Å². The fourth-order valence-corrected chi connectivity index (χ4v) is 2.91. The standard InChI is InChI=1S/C11H19N5/c1-2-15(3-4-16-9-13-8-14-16)7-11-6-12-5-10(1)11/h8-12H,1-7H2. The van der Waals surface area contributed by atoms with Crippen molar-refractivity contribution in [3.8, 4) is 0 Å². The molecule has 2 aliphatic heterocycles.